The lowest BCUT2D eigenvalue weighted by molar-refractivity contribution is -0.267. The fourth-order valence-electron chi connectivity index (χ4n) is 2.91. The highest BCUT2D eigenvalue weighted by Gasteiger charge is 2.62. The minimum atomic E-state index is -5.34. The zero-order valence-electron chi connectivity index (χ0n) is 14.5. The number of halogens is 3. The Morgan fingerprint density at radius 2 is 1.50 bits per heavy atom. The molecule has 0 bridgehead atoms. The lowest BCUT2D eigenvalue weighted by Gasteiger charge is -2.28. The van der Waals surface area contributed by atoms with E-state index in [1.165, 1.54) is 19.1 Å². The average molecular weight is 393 g/mol. The van der Waals surface area contributed by atoms with Gasteiger partial charge in [-0.3, -0.25) is 9.59 Å². The summed E-state index contributed by atoms with van der Waals surface area (Å²) in [6.07, 6.45) is -5.34. The molecule has 28 heavy (non-hydrogen) atoms. The molecule has 2 amide bonds. The first-order valence-electron chi connectivity index (χ1n) is 8.17. The molecule has 2 aromatic rings. The zero-order valence-corrected chi connectivity index (χ0v) is 14.5. The third-order valence-electron chi connectivity index (χ3n) is 4.32. The second kappa shape index (κ2) is 6.75. The molecule has 0 spiro atoms. The summed E-state index contributed by atoms with van der Waals surface area (Å²) in [6, 6.07) is 9.84. The van der Waals surface area contributed by atoms with Crippen molar-refractivity contribution in [2.24, 2.45) is 0 Å². The Morgan fingerprint density at radius 1 is 1.00 bits per heavy atom. The number of carbonyl (C=O) groups is 3. The smallest absolute Gasteiger partial charge is 0.432 e. The predicted octanol–water partition coefficient (Wildman–Crippen LogP) is 2.80. The maximum absolute atomic E-state index is 13.4. The van der Waals surface area contributed by atoms with Crippen LogP contribution in [0.25, 0.3) is 0 Å². The van der Waals surface area contributed by atoms with Crippen LogP contribution >= 0.6 is 0 Å². The third-order valence-corrected chi connectivity index (χ3v) is 4.32. The van der Waals surface area contributed by atoms with Gasteiger partial charge in [0.05, 0.1) is 23.4 Å². The number of carbonyl (C=O) groups excluding carboxylic acids is 3. The molecular weight excluding hydrogens is 379 g/mol. The number of rotatable bonds is 4. The number of ether oxygens (including phenoxy) is 1. The van der Waals surface area contributed by atoms with Gasteiger partial charge in [-0.25, -0.2) is 9.69 Å². The van der Waals surface area contributed by atoms with Crippen LogP contribution < -0.4 is 4.90 Å². The molecule has 1 heterocycles. The van der Waals surface area contributed by atoms with E-state index >= 15 is 0 Å². The van der Waals surface area contributed by atoms with Crippen LogP contribution in [0, 0.1) is 0 Å². The van der Waals surface area contributed by atoms with Gasteiger partial charge in [0.15, 0.2) is 0 Å². The second-order valence-corrected chi connectivity index (χ2v) is 5.97. The van der Waals surface area contributed by atoms with Crippen LogP contribution in [0.5, 0.6) is 0 Å². The number of nitrogens with zero attached hydrogens (tertiary/aromatic N) is 1. The minimum Gasteiger partial charge on any atom is -0.463 e. The molecule has 0 saturated carbocycles. The van der Waals surface area contributed by atoms with E-state index in [-0.39, 0.29) is 23.4 Å². The maximum atomic E-state index is 13.4. The Hall–Kier alpha value is -3.20. The van der Waals surface area contributed by atoms with Crippen molar-refractivity contribution in [3.05, 3.63) is 65.2 Å². The van der Waals surface area contributed by atoms with Gasteiger partial charge in [0.25, 0.3) is 17.4 Å². The van der Waals surface area contributed by atoms with Gasteiger partial charge in [-0.05, 0) is 31.2 Å². The molecule has 1 N–H and O–H groups in total. The number of hydrogen-bond acceptors (Lipinski definition) is 5. The van der Waals surface area contributed by atoms with Gasteiger partial charge in [-0.2, -0.15) is 13.2 Å². The number of benzene rings is 2. The fourth-order valence-corrected chi connectivity index (χ4v) is 2.91. The van der Waals surface area contributed by atoms with Gasteiger partial charge < -0.3 is 9.84 Å². The van der Waals surface area contributed by atoms with E-state index in [2.05, 4.69) is 4.74 Å². The summed E-state index contributed by atoms with van der Waals surface area (Å²) >= 11 is 0. The second-order valence-electron chi connectivity index (χ2n) is 5.97. The van der Waals surface area contributed by atoms with Crippen LogP contribution in [0.3, 0.4) is 0 Å². The summed E-state index contributed by atoms with van der Waals surface area (Å²) in [5.41, 5.74) is -4.31. The number of imide groups is 1. The van der Waals surface area contributed by atoms with Gasteiger partial charge in [0.1, 0.15) is 0 Å². The number of amides is 2. The van der Waals surface area contributed by atoms with Gasteiger partial charge in [0, 0.05) is 5.56 Å². The Bertz CT molecular complexity index is 920. The van der Waals surface area contributed by atoms with E-state index in [0.29, 0.717) is 0 Å². The van der Waals surface area contributed by atoms with Crippen molar-refractivity contribution >= 4 is 23.5 Å². The Balaban J connectivity index is 1.99. The van der Waals surface area contributed by atoms with Crippen LogP contribution in [0.2, 0.25) is 0 Å². The number of esters is 1. The van der Waals surface area contributed by atoms with Crippen molar-refractivity contribution in [1.82, 2.24) is 0 Å². The number of aliphatic hydroxyl groups is 1. The summed E-state index contributed by atoms with van der Waals surface area (Å²) in [4.78, 5) is 37.5. The Morgan fingerprint density at radius 3 is 1.93 bits per heavy atom. The highest BCUT2D eigenvalue weighted by molar-refractivity contribution is 6.34. The molecular formula is C19H14F3NO5. The normalized spacial score (nSPS) is 16.0. The molecule has 1 atom stereocenters. The van der Waals surface area contributed by atoms with Crippen molar-refractivity contribution in [3.8, 4) is 0 Å². The molecule has 2 aromatic carbocycles. The standard InChI is InChI=1S/C19H14F3NO5/c1-2-28-17(26)18(27,19(20,21)22)11-7-9-12(10-8-11)23-15(24)13-5-3-4-6-14(13)16(23)25/h3-10,27H,2H2,1H3/t18-/m1/s1. The van der Waals surface area contributed by atoms with Gasteiger partial charge >= 0.3 is 12.1 Å². The van der Waals surface area contributed by atoms with Crippen molar-refractivity contribution in [1.29, 1.82) is 0 Å². The molecule has 0 unspecified atom stereocenters. The van der Waals surface area contributed by atoms with Crippen molar-refractivity contribution < 1.29 is 37.4 Å². The van der Waals surface area contributed by atoms with E-state index in [4.69, 9.17) is 0 Å². The first-order valence-corrected chi connectivity index (χ1v) is 8.17. The molecule has 9 heteroatoms. The first-order chi connectivity index (χ1) is 13.1. The maximum Gasteiger partial charge on any atom is 0.432 e. The molecule has 146 valence electrons. The monoisotopic (exact) mass is 393 g/mol. The lowest BCUT2D eigenvalue weighted by atomic mass is 9.93. The number of alkyl halides is 3. The molecule has 1 aliphatic rings. The van der Waals surface area contributed by atoms with Crippen LogP contribution in [0.15, 0.2) is 48.5 Å². The van der Waals surface area contributed by atoms with Crippen molar-refractivity contribution in [2.45, 2.75) is 18.7 Å². The molecule has 0 aliphatic carbocycles. The van der Waals surface area contributed by atoms with Crippen LogP contribution in [-0.2, 0) is 15.1 Å². The van der Waals surface area contributed by atoms with Gasteiger partial charge in [-0.15, -0.1) is 0 Å². The largest absolute Gasteiger partial charge is 0.463 e. The average Bonchev–Trinajstić information content (AvgIpc) is 2.91. The van der Waals surface area contributed by atoms with Gasteiger partial charge in [0.2, 0.25) is 0 Å². The SMILES string of the molecule is CCOC(=O)[C@](O)(c1ccc(N2C(=O)c3ccccc3C2=O)cc1)C(F)(F)F. The van der Waals surface area contributed by atoms with Gasteiger partial charge in [-0.1, -0.05) is 24.3 Å². The Kier molecular flexibility index (Phi) is 4.72. The summed E-state index contributed by atoms with van der Waals surface area (Å²) in [6.45, 7) is 0.949. The summed E-state index contributed by atoms with van der Waals surface area (Å²) in [5.74, 6) is -3.11. The van der Waals surface area contributed by atoms with Crippen molar-refractivity contribution in [3.63, 3.8) is 0 Å². The highest BCUT2D eigenvalue weighted by Crippen LogP contribution is 2.41. The van der Waals surface area contributed by atoms with E-state index in [1.54, 1.807) is 12.1 Å². The molecule has 0 saturated heterocycles. The number of fused-ring (bicyclic) bond motifs is 1. The zero-order chi connectivity index (χ0) is 20.7. The highest BCUT2D eigenvalue weighted by atomic mass is 19.4. The van der Waals surface area contributed by atoms with Crippen LogP contribution in [-0.4, -0.2) is 35.7 Å². The lowest BCUT2D eigenvalue weighted by Crippen LogP contribution is -2.50. The van der Waals surface area contributed by atoms with E-state index in [0.717, 1.165) is 29.2 Å². The quantitative estimate of drug-likeness (QED) is 0.638. The summed E-state index contributed by atoms with van der Waals surface area (Å²) < 4.78 is 44.6. The topological polar surface area (TPSA) is 83.9 Å². The number of hydrogen-bond donors (Lipinski definition) is 1. The molecule has 1 aliphatic heterocycles. The molecule has 0 fully saturated rings. The third kappa shape index (κ3) is 2.84. The summed E-state index contributed by atoms with van der Waals surface area (Å²) in [5, 5.41) is 10.1. The van der Waals surface area contributed by atoms with Crippen molar-refractivity contribution in [2.75, 3.05) is 11.5 Å². The molecule has 0 radical (unpaired) electrons. The van der Waals surface area contributed by atoms with E-state index in [9.17, 15) is 32.7 Å². The minimum absolute atomic E-state index is 0.00309. The first kappa shape index (κ1) is 19.6. The van der Waals surface area contributed by atoms with Crippen LogP contribution in [0.4, 0.5) is 18.9 Å². The molecule has 3 rings (SSSR count). The van der Waals surface area contributed by atoms with E-state index in [1.807, 2.05) is 0 Å². The van der Waals surface area contributed by atoms with Crippen LogP contribution in [0.1, 0.15) is 33.2 Å². The number of anilines is 1. The fraction of sp³-hybridized carbons (Fsp3) is 0.211. The Labute approximate surface area is 157 Å². The molecule has 6 nitrogen and oxygen atoms in total. The predicted molar refractivity (Wildman–Crippen MR) is 90.6 cm³/mol. The molecule has 0 aromatic heterocycles. The summed E-state index contributed by atoms with van der Waals surface area (Å²) in [7, 11) is 0. The van der Waals surface area contributed by atoms with E-state index < -0.39 is 35.1 Å².